The molecule has 1 heteroatoms. The van der Waals surface area contributed by atoms with Crippen molar-refractivity contribution in [3.05, 3.63) is 0 Å². The Bertz CT molecular complexity index is 189. The van der Waals surface area contributed by atoms with Crippen LogP contribution < -0.4 is 0 Å². The van der Waals surface area contributed by atoms with Crippen molar-refractivity contribution < 1.29 is 0 Å². The van der Waals surface area contributed by atoms with Crippen LogP contribution in [0.15, 0.2) is 0 Å². The Hall–Kier alpha value is 0.350. The Kier molecular flexibility index (Phi) is 2.12. The predicted octanol–water partition coefficient (Wildman–Crippen LogP) is 3.95. The minimum absolute atomic E-state index is 0.413. The lowest BCUT2D eigenvalue weighted by Crippen LogP contribution is -2.36. The van der Waals surface area contributed by atoms with E-state index in [1.807, 2.05) is 0 Å². The van der Waals surface area contributed by atoms with Gasteiger partial charge < -0.3 is 0 Å². The summed E-state index contributed by atoms with van der Waals surface area (Å²) in [6.45, 7) is 16.7. The highest BCUT2D eigenvalue weighted by Gasteiger charge is 2.55. The second-order valence-electron chi connectivity index (χ2n) is 5.66. The largest absolute Gasteiger partial charge is 0.149 e. The van der Waals surface area contributed by atoms with Crippen molar-refractivity contribution in [2.24, 2.45) is 11.3 Å². The first-order chi connectivity index (χ1) is 5.11. The standard InChI is InChI=1S/C11H22S/c1-8-9(2,3)11(6,7)12-10(8,4)5/h8H,1-7H3. The van der Waals surface area contributed by atoms with E-state index in [2.05, 4.69) is 60.2 Å². The van der Waals surface area contributed by atoms with Gasteiger partial charge in [0.1, 0.15) is 0 Å². The Morgan fingerprint density at radius 3 is 1.42 bits per heavy atom. The molecular weight excluding hydrogens is 164 g/mol. The molecule has 0 nitrogen and oxygen atoms in total. The molecule has 0 amide bonds. The third-order valence-corrected chi connectivity index (χ3v) is 6.11. The van der Waals surface area contributed by atoms with Gasteiger partial charge in [-0.25, -0.2) is 0 Å². The van der Waals surface area contributed by atoms with Crippen LogP contribution in [0, 0.1) is 11.3 Å². The highest BCUT2D eigenvalue weighted by Crippen LogP contribution is 2.63. The topological polar surface area (TPSA) is 0 Å². The van der Waals surface area contributed by atoms with E-state index in [1.165, 1.54) is 0 Å². The molecule has 0 aromatic heterocycles. The van der Waals surface area contributed by atoms with Crippen LogP contribution in [0.2, 0.25) is 0 Å². The minimum atomic E-state index is 0.413. The van der Waals surface area contributed by atoms with E-state index >= 15 is 0 Å². The Morgan fingerprint density at radius 1 is 0.917 bits per heavy atom. The van der Waals surface area contributed by atoms with Gasteiger partial charge in [0.05, 0.1) is 0 Å². The van der Waals surface area contributed by atoms with Crippen molar-refractivity contribution >= 4 is 11.8 Å². The maximum Gasteiger partial charge on any atom is 0.0163 e. The van der Waals surface area contributed by atoms with Gasteiger partial charge in [0.15, 0.2) is 0 Å². The minimum Gasteiger partial charge on any atom is -0.149 e. The zero-order valence-electron chi connectivity index (χ0n) is 9.49. The van der Waals surface area contributed by atoms with E-state index in [0.29, 0.717) is 14.9 Å². The van der Waals surface area contributed by atoms with E-state index in [1.54, 1.807) is 0 Å². The van der Waals surface area contributed by atoms with Crippen molar-refractivity contribution in [2.75, 3.05) is 0 Å². The van der Waals surface area contributed by atoms with Crippen LogP contribution in [-0.2, 0) is 0 Å². The molecule has 0 radical (unpaired) electrons. The quantitative estimate of drug-likeness (QED) is 0.552. The lowest BCUT2D eigenvalue weighted by Gasteiger charge is -2.37. The van der Waals surface area contributed by atoms with Gasteiger partial charge in [-0.1, -0.05) is 48.5 Å². The lowest BCUT2D eigenvalue weighted by atomic mass is 9.67. The summed E-state index contributed by atoms with van der Waals surface area (Å²) in [5.41, 5.74) is 0.446. The van der Waals surface area contributed by atoms with Gasteiger partial charge in [-0.3, -0.25) is 0 Å². The van der Waals surface area contributed by atoms with E-state index < -0.39 is 0 Å². The molecule has 0 spiro atoms. The van der Waals surface area contributed by atoms with Crippen molar-refractivity contribution in [1.82, 2.24) is 0 Å². The third-order valence-electron chi connectivity index (χ3n) is 4.20. The molecule has 1 unspecified atom stereocenters. The van der Waals surface area contributed by atoms with Gasteiger partial charge in [0, 0.05) is 9.49 Å². The summed E-state index contributed by atoms with van der Waals surface area (Å²) >= 11 is 2.14. The summed E-state index contributed by atoms with van der Waals surface area (Å²) in [5, 5.41) is 0. The van der Waals surface area contributed by atoms with Gasteiger partial charge in [0.25, 0.3) is 0 Å². The summed E-state index contributed by atoms with van der Waals surface area (Å²) in [7, 11) is 0. The highest BCUT2D eigenvalue weighted by molar-refractivity contribution is 8.02. The van der Waals surface area contributed by atoms with Crippen LogP contribution in [-0.4, -0.2) is 9.49 Å². The van der Waals surface area contributed by atoms with Gasteiger partial charge >= 0.3 is 0 Å². The fourth-order valence-electron chi connectivity index (χ4n) is 2.27. The maximum absolute atomic E-state index is 2.40. The average Bonchev–Trinajstić information content (AvgIpc) is 1.90. The first kappa shape index (κ1) is 10.4. The molecule has 1 saturated heterocycles. The van der Waals surface area contributed by atoms with Crippen LogP contribution in [0.5, 0.6) is 0 Å². The molecule has 1 aliphatic heterocycles. The number of hydrogen-bond acceptors (Lipinski definition) is 1. The molecule has 0 bridgehead atoms. The first-order valence-electron chi connectivity index (χ1n) is 4.81. The van der Waals surface area contributed by atoms with Crippen molar-refractivity contribution in [2.45, 2.75) is 58.0 Å². The molecule has 1 heterocycles. The molecule has 72 valence electrons. The zero-order valence-corrected chi connectivity index (χ0v) is 10.3. The van der Waals surface area contributed by atoms with Crippen LogP contribution in [0.3, 0.4) is 0 Å². The third kappa shape index (κ3) is 1.21. The van der Waals surface area contributed by atoms with E-state index in [9.17, 15) is 0 Å². The average molecular weight is 186 g/mol. The molecule has 1 atom stereocenters. The summed E-state index contributed by atoms with van der Waals surface area (Å²) in [4.78, 5) is 0. The molecule has 12 heavy (non-hydrogen) atoms. The molecule has 0 aromatic rings. The van der Waals surface area contributed by atoms with Crippen LogP contribution in [0.1, 0.15) is 48.5 Å². The van der Waals surface area contributed by atoms with Crippen molar-refractivity contribution in [3.8, 4) is 0 Å². The van der Waals surface area contributed by atoms with E-state index in [4.69, 9.17) is 0 Å². The Morgan fingerprint density at radius 2 is 1.33 bits per heavy atom. The van der Waals surface area contributed by atoms with Crippen LogP contribution >= 0.6 is 11.8 Å². The molecule has 0 aliphatic carbocycles. The van der Waals surface area contributed by atoms with Gasteiger partial charge in [-0.2, -0.15) is 0 Å². The Labute approximate surface area is 81.5 Å². The van der Waals surface area contributed by atoms with Gasteiger partial charge in [-0.15, -0.1) is 11.8 Å². The second-order valence-corrected chi connectivity index (χ2v) is 7.94. The zero-order chi connectivity index (χ0) is 9.78. The summed E-state index contributed by atoms with van der Waals surface area (Å²) in [6.07, 6.45) is 0. The lowest BCUT2D eigenvalue weighted by molar-refractivity contribution is 0.177. The van der Waals surface area contributed by atoms with Crippen LogP contribution in [0.25, 0.3) is 0 Å². The fraction of sp³-hybridized carbons (Fsp3) is 1.00. The molecule has 1 rings (SSSR count). The first-order valence-corrected chi connectivity index (χ1v) is 5.63. The van der Waals surface area contributed by atoms with E-state index in [-0.39, 0.29) is 0 Å². The number of thioether (sulfide) groups is 1. The molecule has 0 aromatic carbocycles. The molecule has 1 fully saturated rings. The molecule has 1 aliphatic rings. The SMILES string of the molecule is CC1C(C)(C)SC(C)(C)C1(C)C. The van der Waals surface area contributed by atoms with Crippen LogP contribution in [0.4, 0.5) is 0 Å². The summed E-state index contributed by atoms with van der Waals surface area (Å²) in [5.74, 6) is 0.782. The highest BCUT2D eigenvalue weighted by atomic mass is 32.2. The second kappa shape index (κ2) is 2.43. The normalized spacial score (nSPS) is 36.8. The number of hydrogen-bond donors (Lipinski definition) is 0. The number of rotatable bonds is 0. The Balaban J connectivity index is 3.05. The molecule has 0 saturated carbocycles. The smallest absolute Gasteiger partial charge is 0.0163 e. The van der Waals surface area contributed by atoms with Gasteiger partial charge in [-0.05, 0) is 11.3 Å². The maximum atomic E-state index is 2.40. The van der Waals surface area contributed by atoms with Crippen molar-refractivity contribution in [1.29, 1.82) is 0 Å². The monoisotopic (exact) mass is 186 g/mol. The van der Waals surface area contributed by atoms with E-state index in [0.717, 1.165) is 5.92 Å². The molecular formula is C11H22S. The fourth-order valence-corrected chi connectivity index (χ4v) is 4.49. The predicted molar refractivity (Wildman–Crippen MR) is 58.7 cm³/mol. The van der Waals surface area contributed by atoms with Gasteiger partial charge in [0.2, 0.25) is 0 Å². The summed E-state index contributed by atoms with van der Waals surface area (Å²) < 4.78 is 0.850. The van der Waals surface area contributed by atoms with Crippen molar-refractivity contribution in [3.63, 3.8) is 0 Å². The molecule has 0 N–H and O–H groups in total. The summed E-state index contributed by atoms with van der Waals surface area (Å²) in [6, 6.07) is 0.